The molecule has 0 saturated carbocycles. The van der Waals surface area contributed by atoms with E-state index < -0.39 is 22.3 Å². The monoisotopic (exact) mass is 370 g/mol. The summed E-state index contributed by atoms with van der Waals surface area (Å²) in [6.07, 6.45) is 0.995. The maximum absolute atomic E-state index is 11.4. The molecule has 0 radical (unpaired) electrons. The molecule has 1 fully saturated rings. The molecule has 0 aliphatic carbocycles. The van der Waals surface area contributed by atoms with Gasteiger partial charge < -0.3 is 10.6 Å². The van der Waals surface area contributed by atoms with E-state index in [2.05, 4.69) is 10.6 Å². The van der Waals surface area contributed by atoms with Gasteiger partial charge in [0.05, 0.1) is 0 Å². The van der Waals surface area contributed by atoms with E-state index in [0.717, 1.165) is 30.5 Å². The predicted molar refractivity (Wildman–Crippen MR) is 82.7 cm³/mol. The van der Waals surface area contributed by atoms with Gasteiger partial charge in [-0.1, -0.05) is 24.3 Å². The van der Waals surface area contributed by atoms with Crippen molar-refractivity contribution in [2.75, 3.05) is 13.1 Å². The fourth-order valence-electron chi connectivity index (χ4n) is 1.96. The second kappa shape index (κ2) is 6.04. The summed E-state index contributed by atoms with van der Waals surface area (Å²) in [5, 5.41) is 7.00. The number of hydrogen-bond acceptors (Lipinski definition) is 6. The van der Waals surface area contributed by atoms with Gasteiger partial charge in [0.2, 0.25) is 0 Å². The normalized spacial score (nSPS) is 16.0. The molecule has 1 saturated heterocycles. The highest BCUT2D eigenvalue weighted by atomic mass is 35.7. The SMILES string of the molecule is O=S(=O)(Cl)C(=c1ccc(=C2NCCCN2)cc1)S(=O)(=O)Cl. The molecule has 21 heavy (non-hydrogen) atoms. The van der Waals surface area contributed by atoms with Crippen molar-refractivity contribution < 1.29 is 16.8 Å². The summed E-state index contributed by atoms with van der Waals surface area (Å²) in [7, 11) is 1.33. The van der Waals surface area contributed by atoms with Crippen molar-refractivity contribution in [1.29, 1.82) is 0 Å². The van der Waals surface area contributed by atoms with E-state index in [1.807, 2.05) is 0 Å². The summed E-state index contributed by atoms with van der Waals surface area (Å²) in [6.45, 7) is 1.65. The van der Waals surface area contributed by atoms with Crippen LogP contribution < -0.4 is 21.1 Å². The summed E-state index contributed by atoms with van der Waals surface area (Å²) < 4.78 is 44.6. The van der Waals surface area contributed by atoms with Crippen molar-refractivity contribution in [3.05, 3.63) is 34.7 Å². The largest absolute Gasteiger partial charge is 0.371 e. The molecule has 1 aromatic carbocycles. The second-order valence-corrected chi connectivity index (χ2v) is 9.59. The third-order valence-corrected chi connectivity index (χ3v) is 6.96. The van der Waals surface area contributed by atoms with Gasteiger partial charge in [-0.05, 0) is 6.42 Å². The Hall–Kier alpha value is -0.960. The zero-order valence-corrected chi connectivity index (χ0v) is 13.8. The van der Waals surface area contributed by atoms with Crippen LogP contribution >= 0.6 is 21.4 Å². The maximum Gasteiger partial charge on any atom is 0.274 e. The van der Waals surface area contributed by atoms with Gasteiger partial charge in [0, 0.05) is 44.9 Å². The molecule has 1 aliphatic heterocycles. The van der Waals surface area contributed by atoms with E-state index in [9.17, 15) is 16.8 Å². The average Bonchev–Trinajstić information content (AvgIpc) is 2.37. The van der Waals surface area contributed by atoms with Crippen LogP contribution in [0.4, 0.5) is 0 Å². The molecule has 2 N–H and O–H groups in total. The standard InChI is InChI=1S/C11H12Cl2N2O4S2/c12-20(16,17)11(21(13,18)19)9-4-2-8(3-5-9)10-14-6-1-7-15-10/h2-5,14-15H,1,6-7H2. The van der Waals surface area contributed by atoms with E-state index in [-0.39, 0.29) is 5.22 Å². The van der Waals surface area contributed by atoms with Crippen LogP contribution in [0.2, 0.25) is 0 Å². The summed E-state index contributed by atoms with van der Waals surface area (Å²) >= 11 is 0. The quantitative estimate of drug-likeness (QED) is 0.684. The van der Waals surface area contributed by atoms with Crippen molar-refractivity contribution in [3.63, 3.8) is 0 Å². The molecule has 2 rings (SSSR count). The molecule has 6 nitrogen and oxygen atoms in total. The molecule has 1 aliphatic rings. The van der Waals surface area contributed by atoms with Gasteiger partial charge in [-0.25, -0.2) is 16.8 Å². The van der Waals surface area contributed by atoms with E-state index in [0.29, 0.717) is 0 Å². The fourth-order valence-corrected chi connectivity index (χ4v) is 6.06. The van der Waals surface area contributed by atoms with Gasteiger partial charge >= 0.3 is 0 Å². The van der Waals surface area contributed by atoms with Gasteiger partial charge in [0.25, 0.3) is 18.1 Å². The van der Waals surface area contributed by atoms with Crippen molar-refractivity contribution in [3.8, 4) is 0 Å². The Morgan fingerprint density at radius 2 is 1.38 bits per heavy atom. The Morgan fingerprint density at radius 1 is 0.905 bits per heavy atom. The minimum Gasteiger partial charge on any atom is -0.371 e. The number of hydrogen-bond donors (Lipinski definition) is 2. The Kier molecular flexibility index (Phi) is 4.72. The fraction of sp³-hybridized carbons (Fsp3) is 0.273. The Morgan fingerprint density at radius 3 is 1.81 bits per heavy atom. The van der Waals surface area contributed by atoms with E-state index in [4.69, 9.17) is 21.4 Å². The number of benzene rings is 1. The number of nitrogens with one attached hydrogen (secondary N) is 2. The Labute approximate surface area is 131 Å². The van der Waals surface area contributed by atoms with Crippen LogP contribution in [0, 0.1) is 0 Å². The number of halogens is 2. The van der Waals surface area contributed by atoms with Crippen LogP contribution in [0.15, 0.2) is 24.3 Å². The molecular formula is C11H12Cl2N2O4S2. The predicted octanol–water partition coefficient (Wildman–Crippen LogP) is -0.462. The lowest BCUT2D eigenvalue weighted by Gasteiger charge is -2.19. The summed E-state index contributed by atoms with van der Waals surface area (Å²) in [5.41, 5.74) is 0. The number of rotatable bonds is 2. The van der Waals surface area contributed by atoms with Gasteiger partial charge in [-0.3, -0.25) is 0 Å². The van der Waals surface area contributed by atoms with E-state index in [1.165, 1.54) is 12.1 Å². The highest BCUT2D eigenvalue weighted by Crippen LogP contribution is 2.22. The first-order chi connectivity index (χ1) is 9.69. The summed E-state index contributed by atoms with van der Waals surface area (Å²) in [4.78, 5) is 0. The molecule has 0 amide bonds. The van der Waals surface area contributed by atoms with Crippen LogP contribution in [0.25, 0.3) is 10.1 Å². The minimum absolute atomic E-state index is 0.0832. The third kappa shape index (κ3) is 4.03. The first-order valence-electron chi connectivity index (χ1n) is 5.91. The lowest BCUT2D eigenvalue weighted by molar-refractivity contribution is 0.613. The zero-order chi connectivity index (χ0) is 15.7. The van der Waals surface area contributed by atoms with Gasteiger partial charge in [-0.15, -0.1) is 0 Å². The summed E-state index contributed by atoms with van der Waals surface area (Å²) in [6, 6.07) is 5.85. The maximum atomic E-state index is 11.4. The Bertz CT molecular complexity index is 814. The summed E-state index contributed by atoms with van der Waals surface area (Å²) in [5.74, 6) is 0.803. The molecule has 0 aromatic heterocycles. The molecule has 10 heteroatoms. The van der Waals surface area contributed by atoms with Gasteiger partial charge in [-0.2, -0.15) is 0 Å². The van der Waals surface area contributed by atoms with Crippen molar-refractivity contribution in [2.24, 2.45) is 0 Å². The minimum atomic E-state index is -4.48. The van der Waals surface area contributed by atoms with Crippen molar-refractivity contribution in [2.45, 2.75) is 6.42 Å². The van der Waals surface area contributed by atoms with Crippen LogP contribution in [0.5, 0.6) is 0 Å². The highest BCUT2D eigenvalue weighted by Gasteiger charge is 2.27. The average molecular weight is 371 g/mol. The molecule has 0 unspecified atom stereocenters. The highest BCUT2D eigenvalue weighted by molar-refractivity contribution is 8.39. The second-order valence-electron chi connectivity index (χ2n) is 4.32. The molecule has 0 bridgehead atoms. The zero-order valence-electron chi connectivity index (χ0n) is 10.6. The van der Waals surface area contributed by atoms with Gasteiger partial charge in [0.1, 0.15) is 5.82 Å². The molecule has 1 aromatic rings. The van der Waals surface area contributed by atoms with Crippen molar-refractivity contribution in [1.82, 2.24) is 10.6 Å². The molecule has 0 spiro atoms. The molecule has 116 valence electrons. The van der Waals surface area contributed by atoms with Crippen molar-refractivity contribution >= 4 is 49.5 Å². The molecule has 1 heterocycles. The molecular weight excluding hydrogens is 359 g/mol. The third-order valence-electron chi connectivity index (χ3n) is 2.81. The van der Waals surface area contributed by atoms with Crippen LogP contribution in [0.1, 0.15) is 6.42 Å². The topological polar surface area (TPSA) is 92.3 Å². The van der Waals surface area contributed by atoms with Crippen LogP contribution in [0.3, 0.4) is 0 Å². The van der Waals surface area contributed by atoms with E-state index >= 15 is 0 Å². The lowest BCUT2D eigenvalue weighted by Crippen LogP contribution is -2.38. The lowest BCUT2D eigenvalue weighted by atomic mass is 10.2. The first-order valence-corrected chi connectivity index (χ1v) is 10.5. The van der Waals surface area contributed by atoms with Gasteiger partial charge in [0.15, 0.2) is 4.24 Å². The Balaban J connectivity index is 2.68. The molecule has 0 atom stereocenters. The van der Waals surface area contributed by atoms with E-state index in [1.54, 1.807) is 12.1 Å². The smallest absolute Gasteiger partial charge is 0.274 e. The van der Waals surface area contributed by atoms with Crippen LogP contribution in [-0.2, 0) is 18.1 Å². The first kappa shape index (κ1) is 16.4. The van der Waals surface area contributed by atoms with Crippen LogP contribution in [-0.4, -0.2) is 29.9 Å².